The van der Waals surface area contributed by atoms with Gasteiger partial charge in [0.05, 0.1) is 29.6 Å². The highest BCUT2D eigenvalue weighted by Gasteiger charge is 2.56. The van der Waals surface area contributed by atoms with E-state index in [4.69, 9.17) is 13.3 Å². The fraction of sp³-hybridized carbons (Fsp3) is 0.800. The van der Waals surface area contributed by atoms with Gasteiger partial charge in [0.2, 0.25) is 14.2 Å². The molecule has 0 bridgehead atoms. The van der Waals surface area contributed by atoms with E-state index in [0.717, 1.165) is 0 Å². The zero-order valence-electron chi connectivity index (χ0n) is 23.5. The zero-order valence-corrected chi connectivity index (χ0v) is 26.3. The van der Waals surface area contributed by atoms with Gasteiger partial charge in [-0.2, -0.15) is 4.98 Å². The Morgan fingerprint density at radius 3 is 2.19 bits per heavy atom. The smallest absolute Gasteiger partial charge is 0.350 e. The quantitative estimate of drug-likeness (QED) is 0.467. The van der Waals surface area contributed by atoms with Gasteiger partial charge in [-0.1, -0.05) is 62.3 Å². The summed E-state index contributed by atoms with van der Waals surface area (Å²) in [6.45, 7) is 22.1. The van der Waals surface area contributed by atoms with Gasteiger partial charge in [0.1, 0.15) is 5.82 Å². The Morgan fingerprint density at radius 1 is 1.08 bits per heavy atom. The van der Waals surface area contributed by atoms with Crippen LogP contribution in [0.2, 0.25) is 22.2 Å². The molecule has 0 saturated carbocycles. The van der Waals surface area contributed by atoms with Crippen LogP contribution in [0.1, 0.15) is 74.6 Å². The summed E-state index contributed by atoms with van der Waals surface area (Å²) in [6.07, 6.45) is 2.33. The minimum absolute atomic E-state index is 0.0499. The van der Waals surface area contributed by atoms with Gasteiger partial charge in [-0.15, -0.1) is 11.8 Å². The number of thioether (sulfide) groups is 1. The molecule has 2 aliphatic heterocycles. The zero-order chi connectivity index (χ0) is 27.0. The maximum Gasteiger partial charge on any atom is 0.350 e. The van der Waals surface area contributed by atoms with Crippen molar-refractivity contribution < 1.29 is 18.1 Å². The van der Waals surface area contributed by atoms with E-state index >= 15 is 0 Å². The fourth-order valence-electron chi connectivity index (χ4n) is 5.75. The molecule has 204 valence electrons. The van der Waals surface area contributed by atoms with Gasteiger partial charge >= 0.3 is 14.3 Å². The van der Waals surface area contributed by atoms with Gasteiger partial charge in [-0.3, -0.25) is 9.36 Å². The molecule has 0 spiro atoms. The Morgan fingerprint density at radius 2 is 1.69 bits per heavy atom. The molecule has 36 heavy (non-hydrogen) atoms. The molecule has 3 heterocycles. The summed E-state index contributed by atoms with van der Waals surface area (Å²) in [6, 6.07) is 1.68. The monoisotopic (exact) mass is 555 g/mol. The molecule has 4 atom stereocenters. The first-order valence-corrected chi connectivity index (χ1v) is 18.4. The third-order valence-corrected chi connectivity index (χ3v) is 19.6. The van der Waals surface area contributed by atoms with E-state index in [1.807, 2.05) is 0 Å². The van der Waals surface area contributed by atoms with E-state index in [1.165, 1.54) is 6.92 Å². The molecular formula is C25H45N3O5SSi2. The van der Waals surface area contributed by atoms with Crippen LogP contribution in [0.25, 0.3) is 0 Å². The van der Waals surface area contributed by atoms with Crippen LogP contribution < -0.4 is 11.0 Å². The Labute approximate surface area is 222 Å². The van der Waals surface area contributed by atoms with Crippen molar-refractivity contribution >= 4 is 40.4 Å². The van der Waals surface area contributed by atoms with Crippen molar-refractivity contribution in [2.24, 2.45) is 5.92 Å². The van der Waals surface area contributed by atoms with Gasteiger partial charge in [0, 0.05) is 19.0 Å². The van der Waals surface area contributed by atoms with Crippen LogP contribution >= 0.6 is 11.8 Å². The SMILES string of the molecule is CC(=O)Nc1ccn([C@@H]2S[C@@H]3CO[Si](C(C)C)(C(C)C)OC[Si](C(C)C)(C(C)C)O[C@H]3[C@H]2C)c(=O)n1. The maximum absolute atomic E-state index is 13.0. The van der Waals surface area contributed by atoms with Crippen molar-refractivity contribution in [1.82, 2.24) is 9.55 Å². The third-order valence-electron chi connectivity index (χ3n) is 7.97. The molecule has 1 aromatic heterocycles. The van der Waals surface area contributed by atoms with E-state index in [9.17, 15) is 9.59 Å². The van der Waals surface area contributed by atoms with Crippen molar-refractivity contribution in [3.8, 4) is 0 Å². The highest BCUT2D eigenvalue weighted by Crippen LogP contribution is 2.51. The normalized spacial score (nSPS) is 28.2. The summed E-state index contributed by atoms with van der Waals surface area (Å²) in [5, 5.41) is 2.55. The number of carbonyl (C=O) groups excluding carboxylic acids is 1. The van der Waals surface area contributed by atoms with E-state index in [1.54, 1.807) is 28.6 Å². The molecule has 2 aliphatic rings. The molecule has 0 unspecified atom stereocenters. The van der Waals surface area contributed by atoms with Gasteiger partial charge in [-0.05, 0) is 28.2 Å². The van der Waals surface area contributed by atoms with E-state index in [-0.39, 0.29) is 40.1 Å². The number of hydrogen-bond donors (Lipinski definition) is 1. The molecule has 0 aromatic carbocycles. The predicted molar refractivity (Wildman–Crippen MR) is 151 cm³/mol. The number of nitrogens with zero attached hydrogens (tertiary/aromatic N) is 2. The van der Waals surface area contributed by atoms with Crippen molar-refractivity contribution in [2.75, 3.05) is 18.2 Å². The standard InChI is InChI=1S/C25H45N3O5SSi2/c1-15(2)35(16(3)4)14-32-36(17(5)6,18(7)8)31-13-21-23(33-35)19(9)24(34-21)28-12-11-22(26-20(10)29)27-25(28)30/h11-12,15-19,21,23-24H,13-14H2,1-10H3,(H,26,27,29,30)/t19-,21-,23+,24-/m1/s1. The summed E-state index contributed by atoms with van der Waals surface area (Å²) in [5.74, 6) is 0.0953. The number of carbonyl (C=O) groups is 1. The molecule has 0 aliphatic carbocycles. The topological polar surface area (TPSA) is 91.7 Å². The average molecular weight is 556 g/mol. The molecule has 1 aromatic rings. The van der Waals surface area contributed by atoms with Crippen LogP contribution in [-0.4, -0.2) is 56.5 Å². The molecule has 1 N–H and O–H groups in total. The first-order chi connectivity index (χ1) is 16.7. The molecule has 8 nitrogen and oxygen atoms in total. The summed E-state index contributed by atoms with van der Waals surface area (Å²) >= 11 is 1.74. The lowest BCUT2D eigenvalue weighted by atomic mass is 10.0. The van der Waals surface area contributed by atoms with Crippen LogP contribution in [0, 0.1) is 5.92 Å². The minimum atomic E-state index is -2.53. The highest BCUT2D eigenvalue weighted by molar-refractivity contribution is 8.00. The molecule has 3 rings (SSSR count). The van der Waals surface area contributed by atoms with E-state index in [0.29, 0.717) is 35.0 Å². The van der Waals surface area contributed by atoms with Crippen LogP contribution in [-0.2, 0) is 18.1 Å². The largest absolute Gasteiger partial charge is 0.410 e. The van der Waals surface area contributed by atoms with Crippen molar-refractivity contribution in [1.29, 1.82) is 0 Å². The van der Waals surface area contributed by atoms with E-state index in [2.05, 4.69) is 72.6 Å². The van der Waals surface area contributed by atoms with Gasteiger partial charge in [-0.25, -0.2) is 4.79 Å². The van der Waals surface area contributed by atoms with Gasteiger partial charge in [0.15, 0.2) is 0 Å². The third kappa shape index (κ3) is 5.56. The average Bonchev–Trinajstić information content (AvgIpc) is 3.09. The van der Waals surface area contributed by atoms with Crippen LogP contribution in [0.4, 0.5) is 5.82 Å². The van der Waals surface area contributed by atoms with Crippen LogP contribution in [0.15, 0.2) is 17.1 Å². The lowest BCUT2D eigenvalue weighted by Crippen LogP contribution is -2.57. The summed E-state index contributed by atoms with van der Waals surface area (Å²) in [4.78, 5) is 28.5. The number of hydrogen-bond acceptors (Lipinski definition) is 7. The summed E-state index contributed by atoms with van der Waals surface area (Å²) in [5.41, 5.74) is 1.01. The summed E-state index contributed by atoms with van der Waals surface area (Å²) < 4.78 is 22.8. The number of amides is 1. The molecule has 1 amide bonds. The second kappa shape index (κ2) is 11.4. The van der Waals surface area contributed by atoms with Crippen molar-refractivity contribution in [3.63, 3.8) is 0 Å². The van der Waals surface area contributed by atoms with Gasteiger partial charge in [0.25, 0.3) is 0 Å². The molecule has 2 fully saturated rings. The first-order valence-electron chi connectivity index (χ1n) is 13.2. The predicted octanol–water partition coefficient (Wildman–Crippen LogP) is 5.45. The summed E-state index contributed by atoms with van der Waals surface area (Å²) in [7, 11) is -4.89. The Kier molecular flexibility index (Phi) is 9.37. The lowest BCUT2D eigenvalue weighted by Gasteiger charge is -2.44. The number of nitrogens with one attached hydrogen (secondary N) is 1. The van der Waals surface area contributed by atoms with Crippen molar-refractivity contribution in [3.05, 3.63) is 22.7 Å². The lowest BCUT2D eigenvalue weighted by molar-refractivity contribution is -0.114. The fourth-order valence-corrected chi connectivity index (χ4v) is 16.1. The Balaban J connectivity index is 2.04. The minimum Gasteiger partial charge on any atom is -0.410 e. The first kappa shape index (κ1) is 29.6. The molecule has 2 saturated heterocycles. The second-order valence-corrected chi connectivity index (χ2v) is 22.0. The molecule has 0 radical (unpaired) electrons. The van der Waals surface area contributed by atoms with Crippen molar-refractivity contribution in [2.45, 2.75) is 108 Å². The molecule has 11 heteroatoms. The highest BCUT2D eigenvalue weighted by atomic mass is 32.2. The molecular weight excluding hydrogens is 511 g/mol. The van der Waals surface area contributed by atoms with E-state index < -0.39 is 16.9 Å². The maximum atomic E-state index is 13.0. The Bertz CT molecular complexity index is 971. The Hall–Kier alpha value is -0.986. The van der Waals surface area contributed by atoms with Crippen LogP contribution in [0.5, 0.6) is 0 Å². The number of fused-ring (bicyclic) bond motifs is 1. The number of rotatable bonds is 6. The number of aromatic nitrogens is 2. The van der Waals surface area contributed by atoms with Crippen LogP contribution in [0.3, 0.4) is 0 Å². The second-order valence-electron chi connectivity index (χ2n) is 11.6. The van der Waals surface area contributed by atoms with Gasteiger partial charge < -0.3 is 18.6 Å². The number of anilines is 1.